The van der Waals surface area contributed by atoms with E-state index in [1.54, 1.807) is 20.8 Å². The fourth-order valence-corrected chi connectivity index (χ4v) is 4.68. The van der Waals surface area contributed by atoms with Crippen molar-refractivity contribution in [3.8, 4) is 0 Å². The second kappa shape index (κ2) is 15.1. The molecule has 1 heterocycles. The van der Waals surface area contributed by atoms with Crippen molar-refractivity contribution in [3.05, 3.63) is 0 Å². The summed E-state index contributed by atoms with van der Waals surface area (Å²) in [5, 5.41) is 8.08. The number of carbonyl (C=O) groups excluding carboxylic acids is 6. The molecule has 1 aliphatic heterocycles. The Hall–Kier alpha value is -2.98. The Labute approximate surface area is 239 Å². The minimum absolute atomic E-state index is 0.117. The summed E-state index contributed by atoms with van der Waals surface area (Å²) in [5.74, 6) is -1.62. The maximum absolute atomic E-state index is 13.1. The van der Waals surface area contributed by atoms with Crippen molar-refractivity contribution in [2.75, 3.05) is 13.1 Å². The molecule has 40 heavy (non-hydrogen) atoms. The predicted molar refractivity (Wildman–Crippen MR) is 153 cm³/mol. The first-order chi connectivity index (χ1) is 18.4. The van der Waals surface area contributed by atoms with Crippen molar-refractivity contribution in [2.24, 2.45) is 28.4 Å². The SMILES string of the molecule is CC(C)C(NC(=O)CCCCCN1C(=O)CC(C(C)(C)C)C1=O)C(=O)NC(CCCNC(N)=O)C(=O)C(C)(C)C. The normalized spacial score (nSPS) is 17.5. The topological polar surface area (TPSA) is 168 Å². The average molecular weight is 566 g/mol. The van der Waals surface area contributed by atoms with Crippen LogP contribution in [0.25, 0.3) is 0 Å². The molecule has 5 N–H and O–H groups in total. The highest BCUT2D eigenvalue weighted by Gasteiger charge is 2.44. The fraction of sp³-hybridized carbons (Fsp3) is 0.793. The monoisotopic (exact) mass is 565 g/mol. The van der Waals surface area contributed by atoms with E-state index in [0.717, 1.165) is 0 Å². The van der Waals surface area contributed by atoms with Crippen LogP contribution in [0, 0.1) is 22.7 Å². The van der Waals surface area contributed by atoms with Crippen LogP contribution >= 0.6 is 0 Å². The summed E-state index contributed by atoms with van der Waals surface area (Å²) in [7, 11) is 0. The molecule has 0 aromatic heterocycles. The predicted octanol–water partition coefficient (Wildman–Crippen LogP) is 2.66. The zero-order chi connectivity index (χ0) is 30.8. The Bertz CT molecular complexity index is 934. The van der Waals surface area contributed by atoms with Crippen LogP contribution in [0.5, 0.6) is 0 Å². The number of amides is 6. The molecule has 1 fully saturated rings. The van der Waals surface area contributed by atoms with Gasteiger partial charge in [-0.05, 0) is 37.0 Å². The third-order valence-corrected chi connectivity index (χ3v) is 7.18. The van der Waals surface area contributed by atoms with Gasteiger partial charge in [-0.3, -0.25) is 28.9 Å². The van der Waals surface area contributed by atoms with Crippen LogP contribution in [0.3, 0.4) is 0 Å². The summed E-state index contributed by atoms with van der Waals surface area (Å²) < 4.78 is 0. The second-order valence-corrected chi connectivity index (χ2v) is 13.2. The van der Waals surface area contributed by atoms with E-state index in [-0.39, 0.29) is 60.1 Å². The minimum atomic E-state index is -0.819. The Morgan fingerprint density at radius 3 is 2.08 bits per heavy atom. The summed E-state index contributed by atoms with van der Waals surface area (Å²) in [4.78, 5) is 76.0. The lowest BCUT2D eigenvalue weighted by atomic mass is 9.80. The van der Waals surface area contributed by atoms with Crippen LogP contribution in [0.1, 0.15) is 100 Å². The average Bonchev–Trinajstić information content (AvgIpc) is 3.11. The number of imide groups is 1. The van der Waals surface area contributed by atoms with Crippen molar-refractivity contribution in [2.45, 2.75) is 112 Å². The van der Waals surface area contributed by atoms with E-state index in [1.165, 1.54) is 4.90 Å². The van der Waals surface area contributed by atoms with Gasteiger partial charge in [0.2, 0.25) is 23.6 Å². The largest absolute Gasteiger partial charge is 0.352 e. The molecule has 0 aromatic rings. The number of nitrogens with two attached hydrogens (primary N) is 1. The molecule has 0 spiro atoms. The highest BCUT2D eigenvalue weighted by Crippen LogP contribution is 2.35. The molecular formula is C29H51N5O6. The van der Waals surface area contributed by atoms with Crippen LogP contribution < -0.4 is 21.7 Å². The quantitative estimate of drug-likeness (QED) is 0.176. The summed E-state index contributed by atoms with van der Waals surface area (Å²) in [6, 6.07) is -2.24. The van der Waals surface area contributed by atoms with Crippen molar-refractivity contribution >= 4 is 35.4 Å². The molecule has 11 nitrogen and oxygen atoms in total. The van der Waals surface area contributed by atoms with Crippen LogP contribution in [0.4, 0.5) is 4.79 Å². The number of nitrogens with one attached hydrogen (secondary N) is 3. The first kappa shape index (κ1) is 35.0. The van der Waals surface area contributed by atoms with E-state index < -0.39 is 29.4 Å². The van der Waals surface area contributed by atoms with E-state index >= 15 is 0 Å². The number of nitrogens with zero attached hydrogens (tertiary/aromatic N) is 1. The number of Topliss-reactive ketones (excluding diaryl/α,β-unsaturated/α-hetero) is 1. The van der Waals surface area contributed by atoms with Crippen LogP contribution in [-0.4, -0.2) is 65.5 Å². The summed E-state index contributed by atoms with van der Waals surface area (Å²) in [6.07, 6.45) is 3.03. The first-order valence-electron chi connectivity index (χ1n) is 14.4. The van der Waals surface area contributed by atoms with Gasteiger partial charge in [-0.1, -0.05) is 61.8 Å². The highest BCUT2D eigenvalue weighted by atomic mass is 16.2. The summed E-state index contributed by atoms with van der Waals surface area (Å²) in [6.45, 7) is 15.5. The van der Waals surface area contributed by atoms with E-state index in [9.17, 15) is 28.8 Å². The number of rotatable bonds is 15. The van der Waals surface area contributed by atoms with Crippen LogP contribution in [0.15, 0.2) is 0 Å². The van der Waals surface area contributed by atoms with Gasteiger partial charge in [-0.15, -0.1) is 0 Å². The Morgan fingerprint density at radius 2 is 1.57 bits per heavy atom. The Kier molecular flexibility index (Phi) is 13.3. The fourth-order valence-electron chi connectivity index (χ4n) is 4.68. The van der Waals surface area contributed by atoms with Gasteiger partial charge in [0.1, 0.15) is 6.04 Å². The molecule has 3 atom stereocenters. The number of likely N-dealkylation sites (tertiary alicyclic amines) is 1. The molecule has 228 valence electrons. The zero-order valence-electron chi connectivity index (χ0n) is 25.6. The molecule has 1 rings (SSSR count). The molecule has 0 aromatic carbocycles. The van der Waals surface area contributed by atoms with E-state index in [1.807, 2.05) is 34.6 Å². The molecule has 3 unspecified atom stereocenters. The molecule has 0 saturated carbocycles. The lowest BCUT2D eigenvalue weighted by Gasteiger charge is -2.28. The van der Waals surface area contributed by atoms with E-state index in [2.05, 4.69) is 16.0 Å². The van der Waals surface area contributed by atoms with Gasteiger partial charge >= 0.3 is 6.03 Å². The molecule has 1 saturated heterocycles. The molecule has 1 aliphatic rings. The smallest absolute Gasteiger partial charge is 0.312 e. The van der Waals surface area contributed by atoms with Crippen LogP contribution in [0.2, 0.25) is 0 Å². The maximum atomic E-state index is 13.1. The third-order valence-electron chi connectivity index (χ3n) is 7.18. The number of unbranched alkanes of at least 4 members (excludes halogenated alkanes) is 2. The second-order valence-electron chi connectivity index (χ2n) is 13.2. The van der Waals surface area contributed by atoms with Gasteiger partial charge < -0.3 is 21.7 Å². The van der Waals surface area contributed by atoms with Crippen molar-refractivity contribution in [1.29, 1.82) is 0 Å². The molecular weight excluding hydrogens is 514 g/mol. The van der Waals surface area contributed by atoms with Gasteiger partial charge in [0.15, 0.2) is 5.78 Å². The van der Waals surface area contributed by atoms with Gasteiger partial charge in [-0.2, -0.15) is 0 Å². The number of hydrogen-bond donors (Lipinski definition) is 4. The lowest BCUT2D eigenvalue weighted by Crippen LogP contribution is -2.55. The van der Waals surface area contributed by atoms with Crippen LogP contribution in [-0.2, 0) is 24.0 Å². The molecule has 11 heteroatoms. The van der Waals surface area contributed by atoms with Crippen molar-refractivity contribution in [1.82, 2.24) is 20.9 Å². The molecule has 0 bridgehead atoms. The van der Waals surface area contributed by atoms with Crippen molar-refractivity contribution in [3.63, 3.8) is 0 Å². The van der Waals surface area contributed by atoms with Crippen molar-refractivity contribution < 1.29 is 28.8 Å². The zero-order valence-corrected chi connectivity index (χ0v) is 25.6. The number of primary amides is 1. The van der Waals surface area contributed by atoms with Gasteiger partial charge in [0.05, 0.1) is 12.0 Å². The number of carbonyl (C=O) groups is 6. The van der Waals surface area contributed by atoms with Gasteiger partial charge in [-0.25, -0.2) is 4.79 Å². The molecule has 6 amide bonds. The van der Waals surface area contributed by atoms with E-state index in [0.29, 0.717) is 38.6 Å². The summed E-state index contributed by atoms with van der Waals surface area (Å²) in [5.41, 5.74) is 4.14. The number of ketones is 1. The Balaban J connectivity index is 2.61. The molecule has 0 radical (unpaired) electrons. The highest BCUT2D eigenvalue weighted by molar-refractivity contribution is 6.03. The standard InChI is InChI=1S/C29H51N5O6/c1-18(2)23(25(38)32-20(24(37)29(6,7)8)13-12-15-31-27(30)40)33-21(35)14-10-9-11-16-34-22(36)17-19(26(34)39)28(3,4)5/h18-20,23H,9-17H2,1-8H3,(H,32,38)(H,33,35)(H3,30,31,40). The number of urea groups is 1. The maximum Gasteiger partial charge on any atom is 0.312 e. The minimum Gasteiger partial charge on any atom is -0.352 e. The van der Waals surface area contributed by atoms with Gasteiger partial charge in [0.25, 0.3) is 0 Å². The third kappa shape index (κ3) is 11.3. The first-order valence-corrected chi connectivity index (χ1v) is 14.4. The lowest BCUT2D eigenvalue weighted by molar-refractivity contribution is -0.140. The molecule has 0 aliphatic carbocycles. The number of hydrogen-bond acceptors (Lipinski definition) is 6. The Morgan fingerprint density at radius 1 is 0.950 bits per heavy atom. The summed E-state index contributed by atoms with van der Waals surface area (Å²) >= 11 is 0. The van der Waals surface area contributed by atoms with Gasteiger partial charge in [0, 0.05) is 31.3 Å². The van der Waals surface area contributed by atoms with E-state index in [4.69, 9.17) is 5.73 Å².